The van der Waals surface area contributed by atoms with Crippen molar-refractivity contribution in [3.63, 3.8) is 0 Å². The molecule has 0 spiro atoms. The van der Waals surface area contributed by atoms with Gasteiger partial charge in [-0.1, -0.05) is 132 Å². The van der Waals surface area contributed by atoms with E-state index in [0.29, 0.717) is 17.5 Å². The topological polar surface area (TPSA) is 51.8 Å². The van der Waals surface area contributed by atoms with Crippen LogP contribution in [-0.2, 0) is 0 Å². The lowest BCUT2D eigenvalue weighted by Gasteiger charge is -2.20. The van der Waals surface area contributed by atoms with Crippen LogP contribution >= 0.6 is 0 Å². The van der Waals surface area contributed by atoms with Gasteiger partial charge in [-0.15, -0.1) is 16.4 Å². The lowest BCUT2D eigenvalue weighted by Crippen LogP contribution is -2.55. The van der Waals surface area contributed by atoms with Crippen molar-refractivity contribution in [2.24, 2.45) is 0 Å². The average Bonchev–Trinajstić information content (AvgIpc) is 3.60. The Morgan fingerprint density at radius 3 is 1.35 bits per heavy atom. The Kier molecular flexibility index (Phi) is 8.43. The summed E-state index contributed by atoms with van der Waals surface area (Å²) in [5.74, 6) is 1.84. The number of fused-ring (bicyclic) bond motifs is 3. The molecule has 9 heteroatoms. The van der Waals surface area contributed by atoms with Gasteiger partial charge < -0.3 is 4.42 Å². The van der Waals surface area contributed by atoms with E-state index in [1.165, 1.54) is 49.6 Å². The first-order valence-corrected chi connectivity index (χ1v) is 18.4. The number of nitrogens with zero attached hydrogens (tertiary/aromatic N) is 3. The van der Waals surface area contributed by atoms with Crippen molar-refractivity contribution in [3.8, 4) is 67.5 Å². The Hall–Kier alpha value is -6.33. The molecule has 0 radical (unpaired) electrons. The second-order valence-electron chi connectivity index (χ2n) is 14.2. The SMILES string of the molecule is Bc1c(B)c(B)c(-c2ccc(-c3ccc4oc5cc(-c6nc(-c7ccccc7)nc(-c7ccc(-c8ccccc8)cc7)n6)ccc5c4c3)cc2)c(B)c1B. The van der Waals surface area contributed by atoms with Gasteiger partial charge in [-0.2, -0.15) is 0 Å². The summed E-state index contributed by atoms with van der Waals surface area (Å²) >= 11 is 0. The molecule has 0 aliphatic rings. The maximum absolute atomic E-state index is 6.45. The summed E-state index contributed by atoms with van der Waals surface area (Å²) in [6.45, 7) is 0. The van der Waals surface area contributed by atoms with Gasteiger partial charge in [0, 0.05) is 27.5 Å². The fourth-order valence-electron chi connectivity index (χ4n) is 7.65. The molecule has 0 atom stereocenters. The monoisotopic (exact) mass is 687 g/mol. The minimum atomic E-state index is 0.596. The molecule has 0 amide bonds. The Morgan fingerprint density at radius 2 is 0.741 bits per heavy atom. The highest BCUT2D eigenvalue weighted by Gasteiger charge is 2.17. The summed E-state index contributed by atoms with van der Waals surface area (Å²) in [5.41, 5.74) is 18.4. The first-order valence-electron chi connectivity index (χ1n) is 18.4. The van der Waals surface area contributed by atoms with Crippen LogP contribution in [0.4, 0.5) is 0 Å². The predicted molar refractivity (Wildman–Crippen MR) is 241 cm³/mol. The van der Waals surface area contributed by atoms with E-state index >= 15 is 0 Å². The van der Waals surface area contributed by atoms with Gasteiger partial charge in [-0.05, 0) is 57.6 Å². The minimum absolute atomic E-state index is 0.596. The van der Waals surface area contributed by atoms with Crippen molar-refractivity contribution in [2.75, 3.05) is 0 Å². The van der Waals surface area contributed by atoms with E-state index in [1.807, 2.05) is 42.5 Å². The largest absolute Gasteiger partial charge is 0.456 e. The summed E-state index contributed by atoms with van der Waals surface area (Å²) in [6.07, 6.45) is 0. The van der Waals surface area contributed by atoms with E-state index in [4.69, 9.17) is 19.4 Å². The summed E-state index contributed by atoms with van der Waals surface area (Å²) in [5, 5.41) is 2.13. The molecule has 0 saturated carbocycles. The van der Waals surface area contributed by atoms with Crippen LogP contribution in [0, 0.1) is 0 Å². The molecule has 2 heterocycles. The minimum Gasteiger partial charge on any atom is -0.456 e. The van der Waals surface area contributed by atoms with Crippen LogP contribution in [-0.4, -0.2) is 54.2 Å². The van der Waals surface area contributed by atoms with Crippen molar-refractivity contribution >= 4 is 88.5 Å². The first-order chi connectivity index (χ1) is 26.3. The third kappa shape index (κ3) is 5.96. The molecular weight excluding hydrogens is 653 g/mol. The Morgan fingerprint density at radius 1 is 0.315 bits per heavy atom. The van der Waals surface area contributed by atoms with Gasteiger partial charge >= 0.3 is 0 Å². The van der Waals surface area contributed by atoms with Crippen LogP contribution < -0.4 is 27.3 Å². The van der Waals surface area contributed by atoms with Crippen molar-refractivity contribution in [1.29, 1.82) is 0 Å². The van der Waals surface area contributed by atoms with Crippen molar-refractivity contribution in [2.45, 2.75) is 0 Å². The molecule has 0 N–H and O–H groups in total. The van der Waals surface area contributed by atoms with Gasteiger partial charge in [-0.25, -0.2) is 15.0 Å². The molecular formula is C45H34B5N3O. The zero-order chi connectivity index (χ0) is 36.9. The van der Waals surface area contributed by atoms with Crippen LogP contribution in [0.5, 0.6) is 0 Å². The van der Waals surface area contributed by atoms with Crippen LogP contribution in [0.25, 0.3) is 89.5 Å². The predicted octanol–water partition coefficient (Wildman–Crippen LogP) is 3.07. The fraction of sp³-hybridized carbons (Fsp3) is 0. The molecule has 0 aliphatic heterocycles. The maximum Gasteiger partial charge on any atom is 0.164 e. The van der Waals surface area contributed by atoms with Gasteiger partial charge in [0.25, 0.3) is 0 Å². The lowest BCUT2D eigenvalue weighted by molar-refractivity contribution is 0.669. The third-order valence-electron chi connectivity index (χ3n) is 11.2. The van der Waals surface area contributed by atoms with Gasteiger partial charge in [0.15, 0.2) is 17.5 Å². The molecule has 0 unspecified atom stereocenters. The zero-order valence-corrected chi connectivity index (χ0v) is 31.1. The zero-order valence-electron chi connectivity index (χ0n) is 31.1. The van der Waals surface area contributed by atoms with E-state index in [0.717, 1.165) is 49.8 Å². The van der Waals surface area contributed by atoms with E-state index < -0.39 is 0 Å². The quantitative estimate of drug-likeness (QED) is 0.253. The molecule has 54 heavy (non-hydrogen) atoms. The van der Waals surface area contributed by atoms with Crippen molar-refractivity contribution in [1.82, 2.24) is 15.0 Å². The van der Waals surface area contributed by atoms with Gasteiger partial charge in [0.05, 0.1) is 0 Å². The standard InChI is InChI=1S/C45H34B5N3O/c46-38-37(39(47)41(49)42(50)40(38)48)28-15-11-27(12-16-28)31-20-22-35-34(23-31)33-21-19-32(24-36(33)54-35)45-52-43(29-9-5-2-6-10-29)51-44(53-45)30-17-13-26(14-18-30)25-7-3-1-4-8-25/h1-24H,46-50H2. The number of furan rings is 1. The van der Waals surface area contributed by atoms with E-state index in [9.17, 15) is 0 Å². The fourth-order valence-corrected chi connectivity index (χ4v) is 7.65. The molecule has 0 aliphatic carbocycles. The highest BCUT2D eigenvalue weighted by atomic mass is 16.3. The maximum atomic E-state index is 6.45. The molecule has 0 bridgehead atoms. The molecule has 9 rings (SSSR count). The van der Waals surface area contributed by atoms with Crippen LogP contribution in [0.15, 0.2) is 150 Å². The molecule has 0 saturated heterocycles. The molecule has 0 fully saturated rings. The Bertz CT molecular complexity index is 2830. The van der Waals surface area contributed by atoms with Crippen LogP contribution in [0.2, 0.25) is 0 Å². The highest BCUT2D eigenvalue weighted by molar-refractivity contribution is 6.68. The smallest absolute Gasteiger partial charge is 0.164 e. The van der Waals surface area contributed by atoms with Crippen molar-refractivity contribution < 1.29 is 4.42 Å². The molecule has 4 nitrogen and oxygen atoms in total. The Labute approximate surface area is 319 Å². The molecule has 2 aromatic heterocycles. The summed E-state index contributed by atoms with van der Waals surface area (Å²) in [7, 11) is 11.2. The number of hydrogen-bond acceptors (Lipinski definition) is 4. The summed E-state index contributed by atoms with van der Waals surface area (Å²) in [6, 6.07) is 50.5. The van der Waals surface area contributed by atoms with E-state index in [-0.39, 0.29) is 0 Å². The Balaban J connectivity index is 1.07. The summed E-state index contributed by atoms with van der Waals surface area (Å²) < 4.78 is 6.45. The van der Waals surface area contributed by atoms with Gasteiger partial charge in [0.2, 0.25) is 0 Å². The van der Waals surface area contributed by atoms with Crippen LogP contribution in [0.3, 0.4) is 0 Å². The highest BCUT2D eigenvalue weighted by Crippen LogP contribution is 2.35. The van der Waals surface area contributed by atoms with Crippen LogP contribution in [0.1, 0.15) is 0 Å². The van der Waals surface area contributed by atoms with E-state index in [2.05, 4.69) is 142 Å². The average molecular weight is 687 g/mol. The number of hydrogen-bond donors (Lipinski definition) is 0. The number of aromatic nitrogens is 3. The van der Waals surface area contributed by atoms with E-state index in [1.54, 1.807) is 0 Å². The van der Waals surface area contributed by atoms with Gasteiger partial charge in [0.1, 0.15) is 50.4 Å². The molecule has 7 aromatic carbocycles. The first kappa shape index (κ1) is 33.5. The molecule has 250 valence electrons. The second-order valence-corrected chi connectivity index (χ2v) is 14.2. The normalized spacial score (nSPS) is 11.3. The number of rotatable bonds is 6. The van der Waals surface area contributed by atoms with Crippen molar-refractivity contribution in [3.05, 3.63) is 146 Å². The molecule has 9 aromatic rings. The second kappa shape index (κ2) is 13.6. The number of benzene rings is 7. The lowest BCUT2D eigenvalue weighted by atomic mass is 9.59. The third-order valence-corrected chi connectivity index (χ3v) is 11.2. The summed E-state index contributed by atoms with van der Waals surface area (Å²) in [4.78, 5) is 14.9. The van der Waals surface area contributed by atoms with Gasteiger partial charge in [-0.3, -0.25) is 0 Å².